The van der Waals surface area contributed by atoms with Crippen molar-refractivity contribution in [2.45, 2.75) is 20.4 Å². The molecule has 0 fully saturated rings. The van der Waals surface area contributed by atoms with Gasteiger partial charge in [0.2, 0.25) is 0 Å². The highest BCUT2D eigenvalue weighted by Gasteiger charge is 2.13. The number of amides is 1. The van der Waals surface area contributed by atoms with E-state index in [1.165, 1.54) is 31.6 Å². The van der Waals surface area contributed by atoms with Crippen molar-refractivity contribution in [1.29, 1.82) is 5.26 Å². The molecule has 1 aromatic heterocycles. The van der Waals surface area contributed by atoms with Gasteiger partial charge in [0.15, 0.2) is 23.0 Å². The number of hydrogen-bond donors (Lipinski definition) is 1. The zero-order valence-corrected chi connectivity index (χ0v) is 21.4. The summed E-state index contributed by atoms with van der Waals surface area (Å²) in [5, 5.41) is 12.1. The zero-order valence-electron chi connectivity index (χ0n) is 21.4. The number of rotatable bonds is 12. The van der Waals surface area contributed by atoms with Crippen LogP contribution in [0.2, 0.25) is 0 Å². The van der Waals surface area contributed by atoms with Gasteiger partial charge >= 0.3 is 5.97 Å². The Morgan fingerprint density at radius 1 is 0.974 bits per heavy atom. The Morgan fingerprint density at radius 3 is 2.37 bits per heavy atom. The molecule has 3 aromatic rings. The summed E-state index contributed by atoms with van der Waals surface area (Å²) < 4.78 is 27.1. The van der Waals surface area contributed by atoms with Crippen LogP contribution >= 0.6 is 0 Å². The van der Waals surface area contributed by atoms with Crippen LogP contribution in [0.1, 0.15) is 30.7 Å². The largest absolute Gasteiger partial charge is 0.493 e. The predicted octanol–water partition coefficient (Wildman–Crippen LogP) is 4.93. The number of nitrogens with zero attached hydrogens (tertiary/aromatic N) is 1. The summed E-state index contributed by atoms with van der Waals surface area (Å²) in [6, 6.07) is 15.4. The highest BCUT2D eigenvalue weighted by atomic mass is 16.6. The van der Waals surface area contributed by atoms with E-state index in [1.807, 2.05) is 19.9 Å². The molecule has 9 nitrogen and oxygen atoms in total. The lowest BCUT2D eigenvalue weighted by Crippen LogP contribution is -2.23. The van der Waals surface area contributed by atoms with Crippen molar-refractivity contribution >= 4 is 24.0 Å². The number of esters is 1. The first-order chi connectivity index (χ1) is 18.5. The lowest BCUT2D eigenvalue weighted by Gasteiger charge is -2.11. The van der Waals surface area contributed by atoms with Crippen LogP contribution in [-0.4, -0.2) is 32.2 Å². The summed E-state index contributed by atoms with van der Waals surface area (Å²) in [5.74, 6) is 1.05. The summed E-state index contributed by atoms with van der Waals surface area (Å²) in [5.41, 5.74) is 1.14. The van der Waals surface area contributed by atoms with Gasteiger partial charge in [0.1, 0.15) is 17.4 Å². The van der Waals surface area contributed by atoms with Gasteiger partial charge in [-0.2, -0.15) is 5.26 Å². The van der Waals surface area contributed by atoms with Gasteiger partial charge < -0.3 is 28.7 Å². The van der Waals surface area contributed by atoms with Crippen molar-refractivity contribution < 1.29 is 33.0 Å². The molecule has 0 aliphatic carbocycles. The van der Waals surface area contributed by atoms with E-state index in [0.717, 1.165) is 5.56 Å². The SMILES string of the molecule is CCOc1ccc(/C=C/C(=O)Oc2ccc(/C=C(\C#N)C(=O)NCc3ccco3)cc2OC)cc1OCC. The van der Waals surface area contributed by atoms with Gasteiger partial charge in [0, 0.05) is 6.08 Å². The molecule has 9 heteroatoms. The fourth-order valence-corrected chi connectivity index (χ4v) is 3.33. The molecule has 1 amide bonds. The Bertz CT molecular complexity index is 1350. The Balaban J connectivity index is 1.69. The van der Waals surface area contributed by atoms with Gasteiger partial charge in [-0.25, -0.2) is 4.79 Å². The maximum absolute atomic E-state index is 12.5. The zero-order chi connectivity index (χ0) is 27.3. The van der Waals surface area contributed by atoms with Crippen molar-refractivity contribution in [3.8, 4) is 29.1 Å². The lowest BCUT2D eigenvalue weighted by atomic mass is 10.1. The first kappa shape index (κ1) is 27.6. The second-order valence-electron chi connectivity index (χ2n) is 7.67. The van der Waals surface area contributed by atoms with E-state index in [4.69, 9.17) is 23.4 Å². The molecule has 0 saturated heterocycles. The number of carbonyl (C=O) groups excluding carboxylic acids is 2. The number of hydrogen-bond acceptors (Lipinski definition) is 8. The highest BCUT2D eigenvalue weighted by Crippen LogP contribution is 2.30. The van der Waals surface area contributed by atoms with Crippen molar-refractivity contribution in [3.05, 3.63) is 83.3 Å². The normalized spacial score (nSPS) is 11.1. The van der Waals surface area contributed by atoms with Crippen LogP contribution in [0.25, 0.3) is 12.2 Å². The molecule has 196 valence electrons. The molecule has 0 spiro atoms. The number of nitrogens with one attached hydrogen (secondary N) is 1. The van der Waals surface area contributed by atoms with E-state index >= 15 is 0 Å². The van der Waals surface area contributed by atoms with E-state index < -0.39 is 11.9 Å². The molecule has 0 radical (unpaired) electrons. The van der Waals surface area contributed by atoms with E-state index in [9.17, 15) is 14.9 Å². The van der Waals surface area contributed by atoms with Gasteiger partial charge in [-0.1, -0.05) is 12.1 Å². The average Bonchev–Trinajstić information content (AvgIpc) is 3.45. The molecule has 2 aromatic carbocycles. The Morgan fingerprint density at radius 2 is 1.68 bits per heavy atom. The van der Waals surface area contributed by atoms with Crippen LogP contribution in [0.4, 0.5) is 0 Å². The molecule has 0 aliphatic rings. The second-order valence-corrected chi connectivity index (χ2v) is 7.67. The van der Waals surface area contributed by atoms with Gasteiger partial charge in [-0.05, 0) is 73.5 Å². The van der Waals surface area contributed by atoms with Crippen molar-refractivity contribution in [3.63, 3.8) is 0 Å². The van der Waals surface area contributed by atoms with Gasteiger partial charge in [0.25, 0.3) is 5.91 Å². The molecule has 1 heterocycles. The molecule has 3 rings (SSSR count). The minimum Gasteiger partial charge on any atom is -0.493 e. The van der Waals surface area contributed by atoms with Crippen LogP contribution in [0.5, 0.6) is 23.0 Å². The number of nitriles is 1. The van der Waals surface area contributed by atoms with E-state index in [1.54, 1.807) is 48.5 Å². The maximum atomic E-state index is 12.5. The third-order valence-electron chi connectivity index (χ3n) is 5.06. The molecular formula is C29H28N2O7. The maximum Gasteiger partial charge on any atom is 0.336 e. The molecule has 1 N–H and O–H groups in total. The third kappa shape index (κ3) is 7.77. The van der Waals surface area contributed by atoms with Crippen molar-refractivity contribution in [2.24, 2.45) is 0 Å². The van der Waals surface area contributed by atoms with Crippen LogP contribution in [-0.2, 0) is 16.1 Å². The van der Waals surface area contributed by atoms with Gasteiger partial charge in [0.05, 0.1) is 33.1 Å². The molecule has 0 atom stereocenters. The second kappa shape index (κ2) is 13.9. The Hall–Kier alpha value is -4.97. The predicted molar refractivity (Wildman–Crippen MR) is 141 cm³/mol. The Kier molecular flexibility index (Phi) is 10.1. The van der Waals surface area contributed by atoms with Crippen LogP contribution in [0, 0.1) is 11.3 Å². The lowest BCUT2D eigenvalue weighted by molar-refractivity contribution is -0.129. The van der Waals surface area contributed by atoms with Crippen molar-refractivity contribution in [1.82, 2.24) is 5.32 Å². The monoisotopic (exact) mass is 516 g/mol. The fourth-order valence-electron chi connectivity index (χ4n) is 3.33. The minimum absolute atomic E-state index is 0.104. The van der Waals surface area contributed by atoms with E-state index in [-0.39, 0.29) is 23.6 Å². The van der Waals surface area contributed by atoms with Crippen LogP contribution < -0.4 is 24.3 Å². The highest BCUT2D eigenvalue weighted by molar-refractivity contribution is 6.01. The minimum atomic E-state index is -0.617. The topological polar surface area (TPSA) is 120 Å². The number of ether oxygens (including phenoxy) is 4. The number of methoxy groups -OCH3 is 1. The van der Waals surface area contributed by atoms with Gasteiger partial charge in [-0.15, -0.1) is 0 Å². The average molecular weight is 517 g/mol. The third-order valence-corrected chi connectivity index (χ3v) is 5.06. The smallest absolute Gasteiger partial charge is 0.336 e. The molecule has 38 heavy (non-hydrogen) atoms. The Labute approximate surface area is 220 Å². The van der Waals surface area contributed by atoms with E-state index in [2.05, 4.69) is 5.32 Å². The summed E-state index contributed by atoms with van der Waals surface area (Å²) in [4.78, 5) is 24.8. The standard InChI is InChI=1S/C29H28N2O7/c1-4-35-24-11-8-20(16-27(24)36-5-2)10-13-28(32)38-25-12-9-21(17-26(25)34-3)15-22(18-30)29(33)31-19-23-7-6-14-37-23/h6-17H,4-5,19H2,1-3H3,(H,31,33)/b13-10+,22-15+. The molecule has 0 aliphatic heterocycles. The summed E-state index contributed by atoms with van der Waals surface area (Å²) in [6.07, 6.45) is 5.80. The number of carbonyl (C=O) groups is 2. The summed E-state index contributed by atoms with van der Waals surface area (Å²) in [6.45, 7) is 4.91. The molecule has 0 unspecified atom stereocenters. The van der Waals surface area contributed by atoms with Crippen LogP contribution in [0.15, 0.2) is 70.9 Å². The van der Waals surface area contributed by atoms with Crippen LogP contribution in [0.3, 0.4) is 0 Å². The molecular weight excluding hydrogens is 488 g/mol. The molecule has 0 saturated carbocycles. The summed E-state index contributed by atoms with van der Waals surface area (Å²) in [7, 11) is 1.42. The molecule has 0 bridgehead atoms. The first-order valence-corrected chi connectivity index (χ1v) is 11.9. The summed E-state index contributed by atoms with van der Waals surface area (Å²) >= 11 is 0. The quantitative estimate of drug-likeness (QED) is 0.156. The van der Waals surface area contributed by atoms with E-state index in [0.29, 0.717) is 36.0 Å². The van der Waals surface area contributed by atoms with Gasteiger partial charge in [-0.3, -0.25) is 4.79 Å². The fraction of sp³-hybridized carbons (Fsp3) is 0.207. The van der Waals surface area contributed by atoms with Crippen molar-refractivity contribution in [2.75, 3.05) is 20.3 Å². The first-order valence-electron chi connectivity index (χ1n) is 11.9. The number of furan rings is 1. The number of benzene rings is 2.